The van der Waals surface area contributed by atoms with E-state index in [0.29, 0.717) is 11.1 Å². The molecule has 2 amide bonds. The fourth-order valence-corrected chi connectivity index (χ4v) is 3.16. The molecule has 0 aliphatic heterocycles. The number of nitrogens with zero attached hydrogens (tertiary/aromatic N) is 1. The fraction of sp³-hybridized carbons (Fsp3) is 0.579. The van der Waals surface area contributed by atoms with Crippen molar-refractivity contribution in [3.05, 3.63) is 34.9 Å². The molecule has 0 heterocycles. The monoisotopic (exact) mass is 317 g/mol. The standard InChI is InChI=1S/C19H31N3O/c1-14(8-6-10-16(3)21-22-18(20)23)11-12-17-15(2)9-7-13-19(17,4)5/h6,8,10H,7,9,11-13H2,1-5H3,(H3,20,22,23). The van der Waals surface area contributed by atoms with Crippen LogP contribution in [0.3, 0.4) is 0 Å². The molecule has 1 aliphatic carbocycles. The number of carbonyl (C=O) groups excluding carboxylic acids is 1. The molecule has 3 N–H and O–H groups in total. The van der Waals surface area contributed by atoms with Gasteiger partial charge in [-0.15, -0.1) is 0 Å². The van der Waals surface area contributed by atoms with Gasteiger partial charge in [0.15, 0.2) is 0 Å². The summed E-state index contributed by atoms with van der Waals surface area (Å²) in [5, 5.41) is 3.84. The SMILES string of the molecule is CC(=CC=CC(C)=NNC(N)=O)CCC1=C(C)CCCC1(C)C. The van der Waals surface area contributed by atoms with Gasteiger partial charge in [0.05, 0.1) is 5.71 Å². The van der Waals surface area contributed by atoms with Crippen molar-refractivity contribution in [2.45, 2.75) is 66.7 Å². The lowest BCUT2D eigenvalue weighted by Gasteiger charge is -2.34. The number of hydrogen-bond acceptors (Lipinski definition) is 2. The molecule has 0 radical (unpaired) electrons. The van der Waals surface area contributed by atoms with Crippen LogP contribution in [0.2, 0.25) is 0 Å². The molecule has 128 valence electrons. The number of nitrogens with one attached hydrogen (secondary N) is 1. The molecule has 0 spiro atoms. The molecule has 23 heavy (non-hydrogen) atoms. The van der Waals surface area contributed by atoms with Crippen LogP contribution >= 0.6 is 0 Å². The van der Waals surface area contributed by atoms with Gasteiger partial charge in [0.25, 0.3) is 0 Å². The predicted octanol–water partition coefficient (Wildman–Crippen LogP) is 4.84. The van der Waals surface area contributed by atoms with Crippen molar-refractivity contribution in [3.63, 3.8) is 0 Å². The first-order chi connectivity index (χ1) is 10.7. The van der Waals surface area contributed by atoms with Gasteiger partial charge in [0, 0.05) is 0 Å². The molecule has 0 saturated heterocycles. The summed E-state index contributed by atoms with van der Waals surface area (Å²) in [6.07, 6.45) is 12.0. The maximum Gasteiger partial charge on any atom is 0.332 e. The van der Waals surface area contributed by atoms with E-state index >= 15 is 0 Å². The molecule has 0 saturated carbocycles. The first-order valence-corrected chi connectivity index (χ1v) is 8.35. The number of allylic oxidation sites excluding steroid dienone is 6. The highest BCUT2D eigenvalue weighted by Gasteiger charge is 2.27. The van der Waals surface area contributed by atoms with Crippen LogP contribution in [0.25, 0.3) is 0 Å². The Hall–Kier alpha value is -1.84. The molecule has 1 rings (SSSR count). The van der Waals surface area contributed by atoms with Gasteiger partial charge in [0.2, 0.25) is 0 Å². The van der Waals surface area contributed by atoms with Crippen LogP contribution in [-0.2, 0) is 0 Å². The molecule has 4 heteroatoms. The first kappa shape index (κ1) is 19.2. The minimum Gasteiger partial charge on any atom is -0.350 e. The minimum atomic E-state index is -0.650. The molecule has 1 aliphatic rings. The van der Waals surface area contributed by atoms with Gasteiger partial charge in [-0.2, -0.15) is 5.10 Å². The van der Waals surface area contributed by atoms with E-state index in [4.69, 9.17) is 5.73 Å². The summed E-state index contributed by atoms with van der Waals surface area (Å²) >= 11 is 0. The Balaban J connectivity index is 2.57. The molecule has 0 atom stereocenters. The van der Waals surface area contributed by atoms with Crippen molar-refractivity contribution in [1.29, 1.82) is 0 Å². The molecule has 0 aromatic rings. The Kier molecular flexibility index (Phi) is 7.27. The van der Waals surface area contributed by atoms with E-state index in [0.717, 1.165) is 12.8 Å². The summed E-state index contributed by atoms with van der Waals surface area (Å²) in [4.78, 5) is 10.6. The summed E-state index contributed by atoms with van der Waals surface area (Å²) in [6.45, 7) is 11.0. The Morgan fingerprint density at radius 1 is 1.39 bits per heavy atom. The van der Waals surface area contributed by atoms with E-state index in [1.54, 1.807) is 11.1 Å². The number of urea groups is 1. The second-order valence-corrected chi connectivity index (χ2v) is 7.10. The second-order valence-electron chi connectivity index (χ2n) is 7.10. The van der Waals surface area contributed by atoms with Crippen molar-refractivity contribution < 1.29 is 4.79 Å². The van der Waals surface area contributed by atoms with Crippen LogP contribution in [0.1, 0.15) is 66.7 Å². The molecular formula is C19H31N3O. The topological polar surface area (TPSA) is 67.5 Å². The van der Waals surface area contributed by atoms with Crippen molar-refractivity contribution in [3.8, 4) is 0 Å². The van der Waals surface area contributed by atoms with Gasteiger partial charge in [-0.25, -0.2) is 10.2 Å². The highest BCUT2D eigenvalue weighted by molar-refractivity contribution is 5.93. The molecule has 0 aromatic carbocycles. The van der Waals surface area contributed by atoms with Crippen LogP contribution in [-0.4, -0.2) is 11.7 Å². The van der Waals surface area contributed by atoms with Crippen LogP contribution in [0.5, 0.6) is 0 Å². The molecule has 4 nitrogen and oxygen atoms in total. The highest BCUT2D eigenvalue weighted by atomic mass is 16.2. The molecule has 0 aromatic heterocycles. The third-order valence-corrected chi connectivity index (χ3v) is 4.52. The molecule has 0 unspecified atom stereocenters. The predicted molar refractivity (Wildman–Crippen MR) is 98.3 cm³/mol. The molecule has 0 fully saturated rings. The van der Waals surface area contributed by atoms with Crippen molar-refractivity contribution in [2.75, 3.05) is 0 Å². The fourth-order valence-electron chi connectivity index (χ4n) is 3.16. The summed E-state index contributed by atoms with van der Waals surface area (Å²) in [5.41, 5.74) is 12.8. The van der Waals surface area contributed by atoms with Crippen molar-refractivity contribution in [2.24, 2.45) is 16.3 Å². The smallest absolute Gasteiger partial charge is 0.332 e. The molecule has 0 bridgehead atoms. The maximum absolute atomic E-state index is 10.6. The van der Waals surface area contributed by atoms with E-state index in [1.807, 2.05) is 19.1 Å². The number of nitrogens with two attached hydrogens (primary N) is 1. The van der Waals surface area contributed by atoms with Gasteiger partial charge in [-0.05, 0) is 64.4 Å². The highest BCUT2D eigenvalue weighted by Crippen LogP contribution is 2.42. The summed E-state index contributed by atoms with van der Waals surface area (Å²) in [6, 6.07) is -0.650. The largest absolute Gasteiger partial charge is 0.350 e. The van der Waals surface area contributed by atoms with Gasteiger partial charge < -0.3 is 5.73 Å². The van der Waals surface area contributed by atoms with Crippen LogP contribution in [0, 0.1) is 5.41 Å². The van der Waals surface area contributed by atoms with Crippen molar-refractivity contribution in [1.82, 2.24) is 5.43 Å². The third-order valence-electron chi connectivity index (χ3n) is 4.52. The minimum absolute atomic E-state index is 0.349. The average molecular weight is 317 g/mol. The zero-order valence-corrected chi connectivity index (χ0v) is 15.2. The van der Waals surface area contributed by atoms with E-state index in [-0.39, 0.29) is 0 Å². The number of carbonyl (C=O) groups is 1. The van der Waals surface area contributed by atoms with Crippen LogP contribution < -0.4 is 11.2 Å². The zero-order chi connectivity index (χ0) is 17.5. The van der Waals surface area contributed by atoms with E-state index < -0.39 is 6.03 Å². The van der Waals surface area contributed by atoms with Gasteiger partial charge in [0.1, 0.15) is 0 Å². The maximum atomic E-state index is 10.6. The van der Waals surface area contributed by atoms with Gasteiger partial charge >= 0.3 is 6.03 Å². The number of amides is 2. The third kappa shape index (κ3) is 6.85. The van der Waals surface area contributed by atoms with E-state index in [9.17, 15) is 4.79 Å². The summed E-state index contributed by atoms with van der Waals surface area (Å²) in [5.74, 6) is 0. The normalized spacial score (nSPS) is 19.3. The first-order valence-electron chi connectivity index (χ1n) is 8.35. The number of primary amides is 1. The van der Waals surface area contributed by atoms with E-state index in [1.165, 1.54) is 24.8 Å². The Bertz CT molecular complexity index is 551. The van der Waals surface area contributed by atoms with Crippen LogP contribution in [0.4, 0.5) is 4.79 Å². The number of hydrazone groups is 1. The second kappa shape index (κ2) is 8.70. The lowest BCUT2D eigenvalue weighted by atomic mass is 9.71. The van der Waals surface area contributed by atoms with Crippen LogP contribution in [0.15, 0.2) is 40.0 Å². The van der Waals surface area contributed by atoms with Gasteiger partial charge in [-0.3, -0.25) is 0 Å². The zero-order valence-electron chi connectivity index (χ0n) is 15.2. The van der Waals surface area contributed by atoms with Gasteiger partial charge in [-0.1, -0.05) is 42.7 Å². The number of hydrogen-bond donors (Lipinski definition) is 2. The Labute approximate surface area is 140 Å². The van der Waals surface area contributed by atoms with Crippen molar-refractivity contribution >= 4 is 11.7 Å². The summed E-state index contributed by atoms with van der Waals surface area (Å²) < 4.78 is 0. The number of rotatable bonds is 6. The van der Waals surface area contributed by atoms with E-state index in [2.05, 4.69) is 44.3 Å². The Morgan fingerprint density at radius 2 is 2.09 bits per heavy atom. The Morgan fingerprint density at radius 3 is 2.70 bits per heavy atom. The average Bonchev–Trinajstić information content (AvgIpc) is 2.44. The molecular weight excluding hydrogens is 286 g/mol. The lowest BCUT2D eigenvalue weighted by molar-refractivity contribution is 0.249. The lowest BCUT2D eigenvalue weighted by Crippen LogP contribution is -2.25. The summed E-state index contributed by atoms with van der Waals surface area (Å²) in [7, 11) is 0. The quantitative estimate of drug-likeness (QED) is 0.313.